The summed E-state index contributed by atoms with van der Waals surface area (Å²) < 4.78 is 1.89. The summed E-state index contributed by atoms with van der Waals surface area (Å²) >= 11 is 0. The van der Waals surface area contributed by atoms with Crippen molar-refractivity contribution in [3.05, 3.63) is 89.1 Å². The third kappa shape index (κ3) is 4.91. The lowest BCUT2D eigenvalue weighted by Crippen LogP contribution is -2.23. The Labute approximate surface area is 227 Å². The highest BCUT2D eigenvalue weighted by Crippen LogP contribution is 2.32. The van der Waals surface area contributed by atoms with Crippen molar-refractivity contribution in [2.45, 2.75) is 45.8 Å². The van der Waals surface area contributed by atoms with Crippen molar-refractivity contribution in [3.8, 4) is 22.4 Å². The molecule has 198 valence electrons. The third-order valence-corrected chi connectivity index (χ3v) is 7.32. The van der Waals surface area contributed by atoms with E-state index in [0.29, 0.717) is 17.9 Å². The smallest absolute Gasteiger partial charge is 0.323 e. The molecule has 0 fully saturated rings. The van der Waals surface area contributed by atoms with Gasteiger partial charge in [0.15, 0.2) is 0 Å². The molecule has 39 heavy (non-hydrogen) atoms. The van der Waals surface area contributed by atoms with E-state index in [4.69, 9.17) is 5.10 Å². The number of aromatic nitrogens is 2. The van der Waals surface area contributed by atoms with Gasteiger partial charge in [-0.2, -0.15) is 5.10 Å². The van der Waals surface area contributed by atoms with E-state index in [1.807, 2.05) is 53.3 Å². The Morgan fingerprint density at radius 3 is 2.49 bits per heavy atom. The van der Waals surface area contributed by atoms with Gasteiger partial charge in [-0.25, -0.2) is 4.79 Å². The lowest BCUT2D eigenvalue weighted by molar-refractivity contribution is 0.0965. The van der Waals surface area contributed by atoms with Gasteiger partial charge in [0.2, 0.25) is 0 Å². The van der Waals surface area contributed by atoms with Crippen LogP contribution in [0.2, 0.25) is 0 Å². The molecule has 4 aromatic rings. The molecule has 0 saturated heterocycles. The van der Waals surface area contributed by atoms with Crippen LogP contribution in [0, 0.1) is 0 Å². The molecule has 0 atom stereocenters. The molecule has 1 aromatic heterocycles. The fraction of sp³-hybridized carbons (Fsp3) is 0.258. The average molecular weight is 521 g/mol. The maximum absolute atomic E-state index is 13.1. The Hall–Kier alpha value is -4.43. The molecule has 2 aliphatic heterocycles. The van der Waals surface area contributed by atoms with Gasteiger partial charge in [0.25, 0.3) is 5.91 Å². The van der Waals surface area contributed by atoms with Gasteiger partial charge in [-0.15, -0.1) is 0 Å². The maximum atomic E-state index is 13.1. The predicted octanol–water partition coefficient (Wildman–Crippen LogP) is 5.51. The first-order valence-electron chi connectivity index (χ1n) is 13.3. The number of hydrogen-bond acceptors (Lipinski definition) is 4. The Balaban J connectivity index is 1.22. The number of benzene rings is 3. The van der Waals surface area contributed by atoms with E-state index in [0.717, 1.165) is 53.0 Å². The minimum absolute atomic E-state index is 0.0386. The van der Waals surface area contributed by atoms with Gasteiger partial charge in [0.05, 0.1) is 11.2 Å². The van der Waals surface area contributed by atoms with Crippen LogP contribution in [0.15, 0.2) is 66.9 Å². The van der Waals surface area contributed by atoms with Crippen LogP contribution in [0.5, 0.6) is 0 Å². The SMILES string of the molecule is CC(C)(C)n1cc(NC(=O)Nc2ccc(-c3cccc4c3CNC4=O)cc2)c(-c2ccc3c(c2)CCNC3)n1. The molecule has 4 N–H and O–H groups in total. The van der Waals surface area contributed by atoms with Gasteiger partial charge in [0.1, 0.15) is 5.69 Å². The molecule has 0 saturated carbocycles. The van der Waals surface area contributed by atoms with E-state index in [1.165, 1.54) is 11.1 Å². The summed E-state index contributed by atoms with van der Waals surface area (Å²) in [6.45, 7) is 8.62. The van der Waals surface area contributed by atoms with Gasteiger partial charge < -0.3 is 21.3 Å². The molecule has 3 aromatic carbocycles. The second-order valence-electron chi connectivity index (χ2n) is 11.1. The minimum atomic E-state index is -0.338. The summed E-state index contributed by atoms with van der Waals surface area (Å²) in [6.07, 6.45) is 2.87. The van der Waals surface area contributed by atoms with Gasteiger partial charge in [0, 0.05) is 36.1 Å². The molecule has 3 amide bonds. The zero-order valence-electron chi connectivity index (χ0n) is 22.4. The van der Waals surface area contributed by atoms with E-state index in [-0.39, 0.29) is 17.5 Å². The number of carbonyl (C=O) groups is 2. The van der Waals surface area contributed by atoms with Crippen molar-refractivity contribution >= 4 is 23.3 Å². The summed E-state index contributed by atoms with van der Waals surface area (Å²) in [5.74, 6) is -0.0386. The van der Waals surface area contributed by atoms with E-state index in [1.54, 1.807) is 0 Å². The fourth-order valence-electron chi connectivity index (χ4n) is 5.19. The first-order valence-corrected chi connectivity index (χ1v) is 13.3. The van der Waals surface area contributed by atoms with E-state index >= 15 is 0 Å². The Kier molecular flexibility index (Phi) is 6.19. The van der Waals surface area contributed by atoms with Crippen molar-refractivity contribution in [1.82, 2.24) is 20.4 Å². The molecule has 0 unspecified atom stereocenters. The Morgan fingerprint density at radius 2 is 1.69 bits per heavy atom. The summed E-state index contributed by atoms with van der Waals surface area (Å²) in [4.78, 5) is 25.1. The van der Waals surface area contributed by atoms with Crippen molar-refractivity contribution in [2.24, 2.45) is 0 Å². The fourth-order valence-corrected chi connectivity index (χ4v) is 5.19. The number of nitrogens with one attached hydrogen (secondary N) is 4. The molecule has 6 rings (SSSR count). The molecule has 0 radical (unpaired) electrons. The van der Waals surface area contributed by atoms with E-state index in [9.17, 15) is 9.59 Å². The van der Waals surface area contributed by atoms with Gasteiger partial charge in [-0.1, -0.05) is 36.4 Å². The number of anilines is 2. The zero-order chi connectivity index (χ0) is 27.1. The topological polar surface area (TPSA) is 100 Å². The molecule has 2 aliphatic rings. The molecular formula is C31H32N6O2. The van der Waals surface area contributed by atoms with Crippen LogP contribution in [-0.2, 0) is 25.0 Å². The number of urea groups is 1. The standard InChI is InChI=1S/C31H32N6O2/c1-31(2,3)37-18-27(28(36-37)21-7-8-22-16-32-14-13-20(22)15-21)35-30(39)34-23-11-9-19(10-12-23)24-5-4-6-25-26(24)17-33-29(25)38/h4-12,15,18,32H,13-14,16-17H2,1-3H3,(H,33,38)(H2,34,35,39). The van der Waals surface area contributed by atoms with Crippen molar-refractivity contribution in [3.63, 3.8) is 0 Å². The molecule has 0 bridgehead atoms. The lowest BCUT2D eigenvalue weighted by Gasteiger charge is -2.19. The van der Waals surface area contributed by atoms with Crippen LogP contribution < -0.4 is 21.3 Å². The normalized spacial score (nSPS) is 14.4. The Bertz CT molecular complexity index is 1580. The van der Waals surface area contributed by atoms with Crippen molar-refractivity contribution < 1.29 is 9.59 Å². The van der Waals surface area contributed by atoms with Crippen LogP contribution in [0.1, 0.15) is 47.8 Å². The van der Waals surface area contributed by atoms with E-state index in [2.05, 4.69) is 60.2 Å². The van der Waals surface area contributed by atoms with Crippen LogP contribution >= 0.6 is 0 Å². The Morgan fingerprint density at radius 1 is 0.923 bits per heavy atom. The summed E-state index contributed by atoms with van der Waals surface area (Å²) in [6, 6.07) is 19.5. The van der Waals surface area contributed by atoms with Gasteiger partial charge in [-0.05, 0) is 85.8 Å². The minimum Gasteiger partial charge on any atom is -0.348 e. The van der Waals surface area contributed by atoms with Crippen molar-refractivity contribution in [2.75, 3.05) is 17.2 Å². The number of nitrogens with zero attached hydrogens (tertiary/aromatic N) is 2. The maximum Gasteiger partial charge on any atom is 0.323 e. The quantitative estimate of drug-likeness (QED) is 0.285. The average Bonchev–Trinajstić information content (AvgIpc) is 3.53. The van der Waals surface area contributed by atoms with Crippen LogP contribution in [0.25, 0.3) is 22.4 Å². The highest BCUT2D eigenvalue weighted by Gasteiger charge is 2.23. The van der Waals surface area contributed by atoms with Crippen LogP contribution in [0.3, 0.4) is 0 Å². The predicted molar refractivity (Wildman–Crippen MR) is 154 cm³/mol. The highest BCUT2D eigenvalue weighted by molar-refractivity contribution is 6.02. The first-order chi connectivity index (χ1) is 18.8. The van der Waals surface area contributed by atoms with Crippen LogP contribution in [-0.4, -0.2) is 28.3 Å². The summed E-state index contributed by atoms with van der Waals surface area (Å²) in [5.41, 5.74) is 9.17. The first kappa shape index (κ1) is 24.9. The molecule has 3 heterocycles. The monoisotopic (exact) mass is 520 g/mol. The summed E-state index contributed by atoms with van der Waals surface area (Å²) in [5, 5.41) is 17.1. The lowest BCUT2D eigenvalue weighted by atomic mass is 9.97. The molecule has 0 aliphatic carbocycles. The van der Waals surface area contributed by atoms with E-state index < -0.39 is 0 Å². The van der Waals surface area contributed by atoms with Gasteiger partial charge >= 0.3 is 6.03 Å². The van der Waals surface area contributed by atoms with Crippen molar-refractivity contribution in [1.29, 1.82) is 0 Å². The molecule has 8 heteroatoms. The largest absolute Gasteiger partial charge is 0.348 e. The molecular weight excluding hydrogens is 488 g/mol. The third-order valence-electron chi connectivity index (χ3n) is 7.32. The highest BCUT2D eigenvalue weighted by atomic mass is 16.2. The molecule has 8 nitrogen and oxygen atoms in total. The molecule has 0 spiro atoms. The summed E-state index contributed by atoms with van der Waals surface area (Å²) in [7, 11) is 0. The number of carbonyl (C=O) groups excluding carboxylic acids is 2. The second-order valence-corrected chi connectivity index (χ2v) is 11.1. The number of amides is 3. The second kappa shape index (κ2) is 9.71. The zero-order valence-corrected chi connectivity index (χ0v) is 22.4. The van der Waals surface area contributed by atoms with Crippen LogP contribution in [0.4, 0.5) is 16.2 Å². The van der Waals surface area contributed by atoms with Gasteiger partial charge in [-0.3, -0.25) is 9.48 Å². The number of rotatable bonds is 4. The number of hydrogen-bond donors (Lipinski definition) is 4. The number of fused-ring (bicyclic) bond motifs is 2.